The molecule has 1 aliphatic heterocycles. The van der Waals surface area contributed by atoms with Gasteiger partial charge in [0.2, 0.25) is 0 Å². The van der Waals surface area contributed by atoms with E-state index < -0.39 is 0 Å². The molecule has 5 heteroatoms. The molecule has 25 heavy (non-hydrogen) atoms. The van der Waals surface area contributed by atoms with E-state index in [0.29, 0.717) is 0 Å². The number of nitrogens with one attached hydrogen (secondary N) is 1. The van der Waals surface area contributed by atoms with Crippen molar-refractivity contribution in [2.24, 2.45) is 0 Å². The second-order valence-electron chi connectivity index (χ2n) is 6.28. The molecular weight excluding hydrogens is 334 g/mol. The van der Waals surface area contributed by atoms with Crippen molar-refractivity contribution in [1.29, 1.82) is 0 Å². The summed E-state index contributed by atoms with van der Waals surface area (Å²) in [6.07, 6.45) is 3.35. The van der Waals surface area contributed by atoms with Gasteiger partial charge in [-0.1, -0.05) is 41.9 Å². The van der Waals surface area contributed by atoms with Gasteiger partial charge < -0.3 is 4.74 Å². The quantitative estimate of drug-likeness (QED) is 0.750. The Balaban J connectivity index is 1.47. The Morgan fingerprint density at radius 1 is 1.20 bits per heavy atom. The van der Waals surface area contributed by atoms with Crippen LogP contribution in [0.1, 0.15) is 17.7 Å². The molecule has 0 saturated carbocycles. The number of fused-ring (bicyclic) bond motifs is 1. The molecule has 0 atom stereocenters. The Morgan fingerprint density at radius 2 is 2.04 bits per heavy atom. The normalized spacial score (nSPS) is 15.4. The Morgan fingerprint density at radius 3 is 2.76 bits per heavy atom. The van der Waals surface area contributed by atoms with Crippen LogP contribution in [-0.4, -0.2) is 35.3 Å². The van der Waals surface area contributed by atoms with Gasteiger partial charge in [0.15, 0.2) is 0 Å². The molecular formula is C20H20ClN3O. The number of nitrogens with zero attached hydrogens (tertiary/aromatic N) is 2. The Bertz CT molecular complexity index is 914. The lowest BCUT2D eigenvalue weighted by molar-refractivity contribution is 0.291. The summed E-state index contributed by atoms with van der Waals surface area (Å²) in [7, 11) is 1.69. The number of ether oxygens (including phenoxy) is 1. The topological polar surface area (TPSA) is 41.1 Å². The van der Waals surface area contributed by atoms with Gasteiger partial charge in [-0.05, 0) is 35.8 Å². The van der Waals surface area contributed by atoms with Crippen molar-refractivity contribution in [1.82, 2.24) is 15.1 Å². The highest BCUT2D eigenvalue weighted by Crippen LogP contribution is 2.27. The number of aromatic nitrogens is 2. The van der Waals surface area contributed by atoms with E-state index in [-0.39, 0.29) is 0 Å². The zero-order valence-electron chi connectivity index (χ0n) is 14.1. The lowest BCUT2D eigenvalue weighted by Crippen LogP contribution is -2.28. The molecule has 128 valence electrons. The average Bonchev–Trinajstić information content (AvgIpc) is 3.07. The maximum atomic E-state index is 6.22. The molecule has 0 aliphatic carbocycles. The fraction of sp³-hybridized carbons (Fsp3) is 0.250. The molecule has 4 nitrogen and oxygen atoms in total. The summed E-state index contributed by atoms with van der Waals surface area (Å²) in [5.41, 5.74) is 4.65. The predicted molar refractivity (Wildman–Crippen MR) is 102 cm³/mol. The van der Waals surface area contributed by atoms with Crippen LogP contribution < -0.4 is 4.74 Å². The van der Waals surface area contributed by atoms with E-state index in [9.17, 15) is 0 Å². The molecule has 0 saturated heterocycles. The van der Waals surface area contributed by atoms with Gasteiger partial charge in [-0.3, -0.25) is 10.00 Å². The van der Waals surface area contributed by atoms with Gasteiger partial charge in [-0.15, -0.1) is 0 Å². The molecule has 2 heterocycles. The molecule has 0 radical (unpaired) electrons. The van der Waals surface area contributed by atoms with Crippen LogP contribution >= 0.6 is 11.6 Å². The van der Waals surface area contributed by atoms with Gasteiger partial charge >= 0.3 is 0 Å². The summed E-state index contributed by atoms with van der Waals surface area (Å²) in [4.78, 5) is 2.41. The van der Waals surface area contributed by atoms with Crippen molar-refractivity contribution in [3.63, 3.8) is 0 Å². The van der Waals surface area contributed by atoms with Crippen molar-refractivity contribution in [3.05, 3.63) is 64.8 Å². The van der Waals surface area contributed by atoms with Gasteiger partial charge in [0.1, 0.15) is 5.75 Å². The van der Waals surface area contributed by atoms with Gasteiger partial charge in [-0.2, -0.15) is 5.10 Å². The minimum atomic E-state index is 0.719. The van der Waals surface area contributed by atoms with E-state index >= 15 is 0 Å². The predicted octanol–water partition coefficient (Wildman–Crippen LogP) is 4.51. The molecule has 1 aliphatic rings. The van der Waals surface area contributed by atoms with Crippen LogP contribution in [0.5, 0.6) is 5.75 Å². The van der Waals surface area contributed by atoms with Gasteiger partial charge in [0.05, 0.1) is 23.3 Å². The molecule has 0 spiro atoms. The average molecular weight is 354 g/mol. The third-order valence-electron chi connectivity index (χ3n) is 4.75. The minimum Gasteiger partial charge on any atom is -0.497 e. The largest absolute Gasteiger partial charge is 0.497 e. The highest BCUT2D eigenvalue weighted by atomic mass is 35.5. The third-order valence-corrected chi connectivity index (χ3v) is 5.07. The zero-order valence-corrected chi connectivity index (χ0v) is 14.9. The van der Waals surface area contributed by atoms with Crippen molar-refractivity contribution >= 4 is 28.1 Å². The van der Waals surface area contributed by atoms with E-state index in [0.717, 1.165) is 53.4 Å². The monoisotopic (exact) mass is 353 g/mol. The van der Waals surface area contributed by atoms with Crippen LogP contribution in [-0.2, 0) is 6.54 Å². The molecule has 4 rings (SSSR count). The number of benzene rings is 2. The number of aromatic amines is 1. The van der Waals surface area contributed by atoms with Crippen LogP contribution in [0.25, 0.3) is 16.5 Å². The van der Waals surface area contributed by atoms with E-state index in [4.69, 9.17) is 16.3 Å². The first kappa shape index (κ1) is 16.2. The number of hydrogen-bond acceptors (Lipinski definition) is 3. The SMILES string of the molecule is COc1ccc(C2=CCN(Cc3n[nH]c4c(Cl)cccc34)CC2)cc1. The van der Waals surface area contributed by atoms with E-state index in [1.165, 1.54) is 11.1 Å². The molecule has 0 bridgehead atoms. The van der Waals surface area contributed by atoms with Gasteiger partial charge in [0, 0.05) is 25.0 Å². The first-order valence-electron chi connectivity index (χ1n) is 8.42. The number of rotatable bonds is 4. The molecule has 3 aromatic rings. The summed E-state index contributed by atoms with van der Waals surface area (Å²) < 4.78 is 5.23. The lowest BCUT2D eigenvalue weighted by atomic mass is 9.99. The third kappa shape index (κ3) is 3.28. The summed E-state index contributed by atoms with van der Waals surface area (Å²) in [5, 5.41) is 9.34. The Kier molecular flexibility index (Phi) is 4.47. The minimum absolute atomic E-state index is 0.719. The van der Waals surface area contributed by atoms with Gasteiger partial charge in [-0.25, -0.2) is 0 Å². The lowest BCUT2D eigenvalue weighted by Gasteiger charge is -2.26. The van der Waals surface area contributed by atoms with Crippen molar-refractivity contribution < 1.29 is 4.74 Å². The molecule has 0 amide bonds. The van der Waals surface area contributed by atoms with Gasteiger partial charge in [0.25, 0.3) is 0 Å². The standard InChI is InChI=1S/C20H20ClN3O/c1-25-16-7-5-14(6-8-16)15-9-11-24(12-10-15)13-19-17-3-2-4-18(21)20(17)23-22-19/h2-9H,10-13H2,1H3,(H,22,23). The van der Waals surface area contributed by atoms with Crippen molar-refractivity contribution in [3.8, 4) is 5.75 Å². The van der Waals surface area contributed by atoms with E-state index in [1.807, 2.05) is 24.3 Å². The van der Waals surface area contributed by atoms with Crippen molar-refractivity contribution in [2.75, 3.05) is 20.2 Å². The summed E-state index contributed by atoms with van der Waals surface area (Å²) in [5.74, 6) is 0.894. The second kappa shape index (κ2) is 6.90. The highest BCUT2D eigenvalue weighted by molar-refractivity contribution is 6.35. The zero-order chi connectivity index (χ0) is 17.2. The van der Waals surface area contributed by atoms with Crippen LogP contribution in [0, 0.1) is 0 Å². The van der Waals surface area contributed by atoms with Crippen LogP contribution in [0.4, 0.5) is 0 Å². The highest BCUT2D eigenvalue weighted by Gasteiger charge is 2.16. The molecule has 1 aromatic heterocycles. The summed E-state index contributed by atoms with van der Waals surface area (Å²) >= 11 is 6.22. The summed E-state index contributed by atoms with van der Waals surface area (Å²) in [6.45, 7) is 2.77. The fourth-order valence-corrected chi connectivity index (χ4v) is 3.53. The van der Waals surface area contributed by atoms with Crippen molar-refractivity contribution in [2.45, 2.75) is 13.0 Å². The number of H-pyrrole nitrogens is 1. The maximum absolute atomic E-state index is 6.22. The van der Waals surface area contributed by atoms with Crippen LogP contribution in [0.3, 0.4) is 0 Å². The molecule has 2 aromatic carbocycles. The first-order valence-corrected chi connectivity index (χ1v) is 8.79. The van der Waals surface area contributed by atoms with E-state index in [1.54, 1.807) is 7.11 Å². The molecule has 1 N–H and O–H groups in total. The smallest absolute Gasteiger partial charge is 0.118 e. The number of halogens is 1. The fourth-order valence-electron chi connectivity index (χ4n) is 3.32. The number of para-hydroxylation sites is 1. The van der Waals surface area contributed by atoms with Crippen LogP contribution in [0.15, 0.2) is 48.5 Å². The molecule has 0 unspecified atom stereocenters. The number of hydrogen-bond donors (Lipinski definition) is 1. The number of methoxy groups -OCH3 is 1. The molecule has 0 fully saturated rings. The van der Waals surface area contributed by atoms with Crippen LogP contribution in [0.2, 0.25) is 5.02 Å². The first-order chi connectivity index (χ1) is 12.2. The Hall–Kier alpha value is -2.30. The van der Waals surface area contributed by atoms with E-state index in [2.05, 4.69) is 39.4 Å². The second-order valence-corrected chi connectivity index (χ2v) is 6.68. The maximum Gasteiger partial charge on any atom is 0.118 e. The summed E-state index contributed by atoms with van der Waals surface area (Å²) in [6, 6.07) is 14.2. The Labute approximate surface area is 152 Å².